The van der Waals surface area contributed by atoms with E-state index in [2.05, 4.69) is 26.8 Å². The molecule has 0 radical (unpaired) electrons. The second-order valence-corrected chi connectivity index (χ2v) is 6.89. The lowest BCUT2D eigenvalue weighted by Gasteiger charge is -2.23. The average Bonchev–Trinajstić information content (AvgIpc) is 3.16. The van der Waals surface area contributed by atoms with Gasteiger partial charge in [-0.2, -0.15) is 15.0 Å². The fourth-order valence-electron chi connectivity index (χ4n) is 3.32. The molecule has 1 aliphatic rings. The summed E-state index contributed by atoms with van der Waals surface area (Å²) >= 11 is 0. The molecule has 2 aromatic heterocycles. The van der Waals surface area contributed by atoms with Crippen molar-refractivity contribution in [3.05, 3.63) is 59.9 Å². The molecule has 146 valence electrons. The van der Waals surface area contributed by atoms with Crippen molar-refractivity contribution in [2.45, 2.75) is 18.9 Å². The summed E-state index contributed by atoms with van der Waals surface area (Å²) in [5.41, 5.74) is 2.28. The van der Waals surface area contributed by atoms with Crippen LogP contribution in [0.2, 0.25) is 0 Å². The molecule has 8 nitrogen and oxygen atoms in total. The summed E-state index contributed by atoms with van der Waals surface area (Å²) in [4.78, 5) is 16.7. The maximum absolute atomic E-state index is 12.4. The molecule has 3 N–H and O–H groups in total. The van der Waals surface area contributed by atoms with Gasteiger partial charge in [-0.25, -0.2) is 4.98 Å². The van der Waals surface area contributed by atoms with Gasteiger partial charge in [-0.3, -0.25) is 4.79 Å². The zero-order chi connectivity index (χ0) is 20.2. The predicted molar refractivity (Wildman–Crippen MR) is 107 cm³/mol. The van der Waals surface area contributed by atoms with Crippen molar-refractivity contribution in [2.75, 3.05) is 13.1 Å². The first-order chi connectivity index (χ1) is 14.2. The van der Waals surface area contributed by atoms with E-state index >= 15 is 0 Å². The summed E-state index contributed by atoms with van der Waals surface area (Å²) < 4.78 is 1.31. The highest BCUT2D eigenvalue weighted by molar-refractivity contribution is 5.94. The Bertz CT molecular complexity index is 1040. The number of aromatic nitrogens is 3. The van der Waals surface area contributed by atoms with Crippen LogP contribution in [0.25, 0.3) is 16.9 Å². The first-order valence-electron chi connectivity index (χ1n) is 9.41. The van der Waals surface area contributed by atoms with E-state index < -0.39 is 0 Å². The van der Waals surface area contributed by atoms with E-state index in [4.69, 9.17) is 5.26 Å². The number of hydrogen-bond donors (Lipinski definition) is 3. The van der Waals surface area contributed by atoms with E-state index in [1.165, 1.54) is 17.1 Å². The number of amides is 1. The van der Waals surface area contributed by atoms with Gasteiger partial charge in [0.25, 0.3) is 5.91 Å². The molecule has 1 fully saturated rings. The number of benzene rings is 1. The second-order valence-electron chi connectivity index (χ2n) is 6.89. The number of nitriles is 1. The van der Waals surface area contributed by atoms with E-state index in [-0.39, 0.29) is 17.8 Å². The number of carbonyl (C=O) groups excluding carboxylic acids is 1. The largest absolute Gasteiger partial charge is 0.493 e. The summed E-state index contributed by atoms with van der Waals surface area (Å²) in [6, 6.07) is 12.4. The maximum Gasteiger partial charge on any atom is 0.253 e. The van der Waals surface area contributed by atoms with Gasteiger partial charge in [0.2, 0.25) is 5.88 Å². The lowest BCUT2D eigenvalue weighted by Crippen LogP contribution is -2.42. The van der Waals surface area contributed by atoms with Gasteiger partial charge in [0.1, 0.15) is 0 Å². The van der Waals surface area contributed by atoms with E-state index in [1.54, 1.807) is 36.4 Å². The van der Waals surface area contributed by atoms with E-state index in [0.717, 1.165) is 31.5 Å². The highest BCUT2D eigenvalue weighted by Crippen LogP contribution is 2.30. The van der Waals surface area contributed by atoms with Crippen molar-refractivity contribution in [3.63, 3.8) is 0 Å². The molecule has 29 heavy (non-hydrogen) atoms. The molecular weight excluding hydrogens is 368 g/mol. The number of carbonyl (C=O) groups is 1. The predicted octanol–water partition coefficient (Wildman–Crippen LogP) is 1.99. The van der Waals surface area contributed by atoms with Crippen LogP contribution in [0.4, 0.5) is 0 Å². The number of piperidine rings is 1. The molecule has 0 aliphatic carbocycles. The Balaban J connectivity index is 1.51. The number of pyridine rings is 1. The molecule has 0 saturated carbocycles. The van der Waals surface area contributed by atoms with Crippen LogP contribution in [0.5, 0.6) is 5.88 Å². The van der Waals surface area contributed by atoms with Crippen LogP contribution < -0.4 is 10.6 Å². The van der Waals surface area contributed by atoms with Crippen LogP contribution >= 0.6 is 0 Å². The van der Waals surface area contributed by atoms with Crippen LogP contribution in [0.1, 0.15) is 28.8 Å². The van der Waals surface area contributed by atoms with E-state index in [1.807, 2.05) is 0 Å². The Hall–Kier alpha value is -3.70. The van der Waals surface area contributed by atoms with Crippen molar-refractivity contribution >= 4 is 5.91 Å². The number of aromatic hydroxyl groups is 1. The lowest BCUT2D eigenvalue weighted by molar-refractivity contribution is 0.0929. The Morgan fingerprint density at radius 1 is 1.17 bits per heavy atom. The SMILES string of the molecule is N#Cc1ccc(-c2cnn(-c3ccc(C(=O)NC4CCNCC4)cn3)c2O)cc1. The molecule has 0 bridgehead atoms. The van der Waals surface area contributed by atoms with Gasteiger partial charge in [-0.1, -0.05) is 12.1 Å². The first-order valence-corrected chi connectivity index (χ1v) is 9.41. The smallest absolute Gasteiger partial charge is 0.253 e. The third-order valence-corrected chi connectivity index (χ3v) is 4.97. The van der Waals surface area contributed by atoms with Crippen LogP contribution in [-0.2, 0) is 0 Å². The first kappa shape index (κ1) is 18.7. The Morgan fingerprint density at radius 2 is 1.93 bits per heavy atom. The van der Waals surface area contributed by atoms with Gasteiger partial charge >= 0.3 is 0 Å². The maximum atomic E-state index is 12.4. The monoisotopic (exact) mass is 388 g/mol. The molecule has 3 aromatic rings. The van der Waals surface area contributed by atoms with Crippen LogP contribution in [0.15, 0.2) is 48.8 Å². The Kier molecular flexibility index (Phi) is 5.22. The van der Waals surface area contributed by atoms with Crippen molar-refractivity contribution in [2.24, 2.45) is 0 Å². The van der Waals surface area contributed by atoms with Crippen molar-refractivity contribution in [1.82, 2.24) is 25.4 Å². The molecular formula is C21H20N6O2. The molecule has 0 spiro atoms. The van der Waals surface area contributed by atoms with E-state index in [9.17, 15) is 9.90 Å². The minimum absolute atomic E-state index is 0.0610. The summed E-state index contributed by atoms with van der Waals surface area (Å²) in [5, 5.41) is 30.0. The zero-order valence-corrected chi connectivity index (χ0v) is 15.7. The molecule has 0 unspecified atom stereocenters. The summed E-state index contributed by atoms with van der Waals surface area (Å²) in [6.07, 6.45) is 4.84. The topological polar surface area (TPSA) is 116 Å². The molecule has 1 saturated heterocycles. The third-order valence-electron chi connectivity index (χ3n) is 4.97. The fraction of sp³-hybridized carbons (Fsp3) is 0.238. The van der Waals surface area contributed by atoms with Gasteiger partial charge < -0.3 is 15.7 Å². The molecule has 1 aliphatic heterocycles. The highest BCUT2D eigenvalue weighted by Gasteiger charge is 2.18. The molecule has 3 heterocycles. The van der Waals surface area contributed by atoms with Gasteiger partial charge in [0, 0.05) is 12.2 Å². The van der Waals surface area contributed by atoms with Gasteiger partial charge in [-0.15, -0.1) is 0 Å². The van der Waals surface area contributed by atoms with Crippen LogP contribution in [0.3, 0.4) is 0 Å². The quantitative estimate of drug-likeness (QED) is 0.629. The van der Waals surface area contributed by atoms with E-state index in [0.29, 0.717) is 22.5 Å². The van der Waals surface area contributed by atoms with Gasteiger partial charge in [-0.05, 0) is 55.8 Å². The molecule has 1 aromatic carbocycles. The van der Waals surface area contributed by atoms with Crippen molar-refractivity contribution in [3.8, 4) is 28.9 Å². The normalized spacial score (nSPS) is 14.3. The lowest BCUT2D eigenvalue weighted by atomic mass is 10.1. The number of nitrogens with one attached hydrogen (secondary N) is 2. The Morgan fingerprint density at radius 3 is 2.59 bits per heavy atom. The van der Waals surface area contributed by atoms with Crippen molar-refractivity contribution < 1.29 is 9.90 Å². The molecule has 1 amide bonds. The zero-order valence-electron chi connectivity index (χ0n) is 15.7. The van der Waals surface area contributed by atoms with Crippen LogP contribution in [0, 0.1) is 11.3 Å². The summed E-state index contributed by atoms with van der Waals surface area (Å²) in [7, 11) is 0. The fourth-order valence-corrected chi connectivity index (χ4v) is 3.32. The molecule has 0 atom stereocenters. The highest BCUT2D eigenvalue weighted by atomic mass is 16.3. The van der Waals surface area contributed by atoms with Crippen LogP contribution in [-0.4, -0.2) is 44.9 Å². The number of nitrogens with zero attached hydrogens (tertiary/aromatic N) is 4. The second kappa shape index (κ2) is 8.12. The summed E-state index contributed by atoms with van der Waals surface area (Å²) in [5.74, 6) is 0.189. The average molecular weight is 388 g/mol. The van der Waals surface area contributed by atoms with Gasteiger partial charge in [0.05, 0.1) is 29.0 Å². The van der Waals surface area contributed by atoms with Gasteiger partial charge in [0.15, 0.2) is 5.82 Å². The standard InChI is InChI=1S/C21H20N6O2/c22-11-14-1-3-15(4-2-14)18-13-25-27(21(18)29)19-6-5-16(12-24-19)20(28)26-17-7-9-23-10-8-17/h1-6,12-13,17,23,29H,7-10H2,(H,26,28). The molecule has 4 rings (SSSR count). The number of rotatable bonds is 4. The molecule has 8 heteroatoms. The number of hydrogen-bond acceptors (Lipinski definition) is 6. The third kappa shape index (κ3) is 3.95. The summed E-state index contributed by atoms with van der Waals surface area (Å²) in [6.45, 7) is 1.81. The minimum atomic E-state index is -0.154. The van der Waals surface area contributed by atoms with Crippen molar-refractivity contribution in [1.29, 1.82) is 5.26 Å². The minimum Gasteiger partial charge on any atom is -0.493 e. The Labute approximate surface area is 167 Å².